The molecule has 0 radical (unpaired) electrons. The number of methoxy groups -OCH3 is 1. The molecule has 0 bridgehead atoms. The zero-order valence-corrected chi connectivity index (χ0v) is 23.7. The van der Waals surface area contributed by atoms with Crippen molar-refractivity contribution in [3.63, 3.8) is 0 Å². The molecule has 5 rings (SSSR count). The van der Waals surface area contributed by atoms with Gasteiger partial charge in [0.1, 0.15) is 22.9 Å². The predicted molar refractivity (Wildman–Crippen MR) is 151 cm³/mol. The van der Waals surface area contributed by atoms with Crippen molar-refractivity contribution in [3.05, 3.63) is 75.0 Å². The molecule has 8 nitrogen and oxygen atoms in total. The molecule has 0 aliphatic carbocycles. The van der Waals surface area contributed by atoms with Crippen molar-refractivity contribution in [2.45, 2.75) is 19.5 Å². The highest BCUT2D eigenvalue weighted by atomic mass is 35.5. The molecule has 2 aliphatic rings. The summed E-state index contributed by atoms with van der Waals surface area (Å²) in [6.45, 7) is 4.81. The van der Waals surface area contributed by atoms with Gasteiger partial charge in [-0.1, -0.05) is 41.4 Å². The number of rotatable bonds is 4. The maximum absolute atomic E-state index is 15.0. The number of para-hydroxylation sites is 1. The Morgan fingerprint density at radius 3 is 2.50 bits per heavy atom. The van der Waals surface area contributed by atoms with E-state index in [-0.39, 0.29) is 46.1 Å². The summed E-state index contributed by atoms with van der Waals surface area (Å²) in [5, 5.41) is 10.8. The molecule has 2 aliphatic heterocycles. The van der Waals surface area contributed by atoms with Gasteiger partial charge in [-0.3, -0.25) is 4.79 Å². The van der Waals surface area contributed by atoms with E-state index in [2.05, 4.69) is 28.5 Å². The van der Waals surface area contributed by atoms with Gasteiger partial charge in [-0.2, -0.15) is 0 Å². The van der Waals surface area contributed by atoms with Crippen LogP contribution in [0.5, 0.6) is 11.5 Å². The summed E-state index contributed by atoms with van der Waals surface area (Å²) in [6.07, 6.45) is 0. The number of anilines is 1. The standard InChI is InChI=1S/C29H28Cl2FN3O5/c1-16-13-33(2)7-8-35(16)18-9-22(30)26(23(31)10-18)28(37)34-14-17-5-4-6-19(27(17)40-15-34)20-12-25(36)21(11-24(20)32)29(38)39-3/h4-6,9-12,16,36H,7-8,13-15H2,1-3H3/t16-/m1/s1. The first-order valence-corrected chi connectivity index (χ1v) is 13.4. The Morgan fingerprint density at radius 2 is 1.82 bits per heavy atom. The zero-order valence-electron chi connectivity index (χ0n) is 22.2. The van der Waals surface area contributed by atoms with E-state index in [1.807, 2.05) is 0 Å². The molecule has 1 saturated heterocycles. The lowest BCUT2D eigenvalue weighted by Crippen LogP contribution is -2.50. The maximum Gasteiger partial charge on any atom is 0.341 e. The van der Waals surface area contributed by atoms with E-state index in [4.69, 9.17) is 27.9 Å². The summed E-state index contributed by atoms with van der Waals surface area (Å²) in [6, 6.07) is 11.0. The molecule has 1 N–H and O–H groups in total. The Hall–Kier alpha value is -3.53. The minimum absolute atomic E-state index is 0.0431. The number of hydrogen-bond donors (Lipinski definition) is 1. The summed E-state index contributed by atoms with van der Waals surface area (Å²) in [4.78, 5) is 31.3. The van der Waals surface area contributed by atoms with Gasteiger partial charge < -0.3 is 29.3 Å². The Bertz CT molecular complexity index is 1480. The van der Waals surface area contributed by atoms with Crippen LogP contribution in [0, 0.1) is 5.82 Å². The molecule has 0 spiro atoms. The first kappa shape index (κ1) is 28.0. The molecule has 1 atom stereocenters. The minimum Gasteiger partial charge on any atom is -0.507 e. The Balaban J connectivity index is 1.40. The first-order valence-electron chi connectivity index (χ1n) is 12.7. The SMILES string of the molecule is COC(=O)c1cc(F)c(-c2cccc3c2OCN(C(=O)c2c(Cl)cc(N4CCN(C)C[C@H]4C)cc2Cl)C3)cc1O. The molecule has 0 unspecified atom stereocenters. The number of likely N-dealkylation sites (N-methyl/N-ethyl adjacent to an activating group) is 1. The summed E-state index contributed by atoms with van der Waals surface area (Å²) >= 11 is 13.2. The highest BCUT2D eigenvalue weighted by molar-refractivity contribution is 6.40. The van der Waals surface area contributed by atoms with Crippen molar-refractivity contribution >= 4 is 40.8 Å². The topological polar surface area (TPSA) is 82.6 Å². The third kappa shape index (κ3) is 5.16. The normalized spacial score (nSPS) is 17.3. The van der Waals surface area contributed by atoms with Crippen LogP contribution in [0.1, 0.15) is 33.2 Å². The molecule has 3 aromatic rings. The highest BCUT2D eigenvalue weighted by Crippen LogP contribution is 2.41. The van der Waals surface area contributed by atoms with Crippen LogP contribution in [0.3, 0.4) is 0 Å². The van der Waals surface area contributed by atoms with Crippen LogP contribution in [0.2, 0.25) is 10.0 Å². The number of benzene rings is 3. The average molecular weight is 588 g/mol. The number of piperazine rings is 1. The van der Waals surface area contributed by atoms with Crippen molar-refractivity contribution in [1.82, 2.24) is 9.80 Å². The fraction of sp³-hybridized carbons (Fsp3) is 0.310. The predicted octanol–water partition coefficient (Wildman–Crippen LogP) is 5.42. The molecule has 40 heavy (non-hydrogen) atoms. The van der Waals surface area contributed by atoms with Gasteiger partial charge in [-0.25, -0.2) is 9.18 Å². The summed E-state index contributed by atoms with van der Waals surface area (Å²) in [5.74, 6) is -2.04. The average Bonchev–Trinajstić information content (AvgIpc) is 2.92. The van der Waals surface area contributed by atoms with Gasteiger partial charge in [0.05, 0.1) is 29.3 Å². The van der Waals surface area contributed by atoms with Gasteiger partial charge >= 0.3 is 5.97 Å². The number of esters is 1. The fourth-order valence-electron chi connectivity index (χ4n) is 5.27. The second-order valence-corrected chi connectivity index (χ2v) is 10.8. The number of carbonyl (C=O) groups is 2. The number of halogens is 3. The Morgan fingerprint density at radius 1 is 1.10 bits per heavy atom. The van der Waals surface area contributed by atoms with Gasteiger partial charge in [0.2, 0.25) is 0 Å². The second kappa shape index (κ2) is 11.2. The number of hydrogen-bond acceptors (Lipinski definition) is 7. The summed E-state index contributed by atoms with van der Waals surface area (Å²) in [7, 11) is 3.23. The molecule has 2 heterocycles. The number of amides is 1. The number of ether oxygens (including phenoxy) is 2. The van der Waals surface area contributed by atoms with Crippen molar-refractivity contribution in [2.24, 2.45) is 0 Å². The fourth-order valence-corrected chi connectivity index (χ4v) is 5.91. The number of nitrogens with zero attached hydrogens (tertiary/aromatic N) is 3. The number of aromatic hydroxyl groups is 1. The number of phenols is 1. The molecular formula is C29H28Cl2FN3O5. The number of phenolic OH excluding ortho intramolecular Hbond substituents is 1. The van der Waals surface area contributed by atoms with E-state index in [0.717, 1.165) is 44.6 Å². The monoisotopic (exact) mass is 587 g/mol. The molecule has 11 heteroatoms. The third-order valence-electron chi connectivity index (χ3n) is 7.29. The Labute approximate surface area is 241 Å². The summed E-state index contributed by atoms with van der Waals surface area (Å²) in [5.41, 5.74) is 1.81. The molecule has 3 aromatic carbocycles. The van der Waals surface area contributed by atoms with Crippen LogP contribution in [0.15, 0.2) is 42.5 Å². The van der Waals surface area contributed by atoms with Crippen molar-refractivity contribution in [3.8, 4) is 22.6 Å². The molecule has 1 fully saturated rings. The first-order chi connectivity index (χ1) is 19.1. The van der Waals surface area contributed by atoms with Crippen LogP contribution in [0.4, 0.5) is 10.1 Å². The second-order valence-electron chi connectivity index (χ2n) is 10.0. The van der Waals surface area contributed by atoms with Crippen molar-refractivity contribution in [2.75, 3.05) is 45.4 Å². The molecular weight excluding hydrogens is 560 g/mol. The summed E-state index contributed by atoms with van der Waals surface area (Å²) < 4.78 is 25.6. The quantitative estimate of drug-likeness (QED) is 0.408. The Kier molecular flexibility index (Phi) is 7.81. The zero-order chi connectivity index (χ0) is 28.7. The molecule has 1 amide bonds. The van der Waals surface area contributed by atoms with Gasteiger partial charge in [0.15, 0.2) is 6.73 Å². The van der Waals surface area contributed by atoms with Crippen molar-refractivity contribution in [1.29, 1.82) is 0 Å². The van der Waals surface area contributed by atoms with E-state index in [9.17, 15) is 14.7 Å². The molecule has 0 aromatic heterocycles. The number of fused-ring (bicyclic) bond motifs is 1. The van der Waals surface area contributed by atoms with Crippen LogP contribution in [0.25, 0.3) is 11.1 Å². The van der Waals surface area contributed by atoms with Gasteiger partial charge in [0, 0.05) is 48.1 Å². The lowest BCUT2D eigenvalue weighted by Gasteiger charge is -2.40. The van der Waals surface area contributed by atoms with Crippen molar-refractivity contribution < 1.29 is 28.6 Å². The van der Waals surface area contributed by atoms with Gasteiger partial charge in [-0.15, -0.1) is 0 Å². The highest BCUT2D eigenvalue weighted by Gasteiger charge is 2.30. The van der Waals surface area contributed by atoms with E-state index in [0.29, 0.717) is 16.9 Å². The molecule has 210 valence electrons. The van der Waals surface area contributed by atoms with E-state index in [1.165, 1.54) is 4.90 Å². The smallest absolute Gasteiger partial charge is 0.341 e. The minimum atomic E-state index is -0.855. The lowest BCUT2D eigenvalue weighted by atomic mass is 9.98. The maximum atomic E-state index is 15.0. The van der Waals surface area contributed by atoms with Gasteiger partial charge in [-0.05, 0) is 38.2 Å². The van der Waals surface area contributed by atoms with E-state index < -0.39 is 23.4 Å². The van der Waals surface area contributed by atoms with Crippen LogP contribution >= 0.6 is 23.2 Å². The van der Waals surface area contributed by atoms with E-state index >= 15 is 4.39 Å². The third-order valence-corrected chi connectivity index (χ3v) is 7.89. The van der Waals surface area contributed by atoms with Crippen LogP contribution < -0.4 is 9.64 Å². The molecule has 0 saturated carbocycles. The van der Waals surface area contributed by atoms with Gasteiger partial charge in [0.25, 0.3) is 5.91 Å². The van der Waals surface area contributed by atoms with Crippen LogP contribution in [-0.4, -0.2) is 73.3 Å². The lowest BCUT2D eigenvalue weighted by molar-refractivity contribution is 0.0515. The largest absolute Gasteiger partial charge is 0.507 e. The number of carbonyl (C=O) groups excluding carboxylic acids is 2. The van der Waals surface area contributed by atoms with Crippen LogP contribution in [-0.2, 0) is 11.3 Å². The van der Waals surface area contributed by atoms with E-state index in [1.54, 1.807) is 30.3 Å².